The fraction of sp³-hybridized carbons (Fsp3) is 0.500. The summed E-state index contributed by atoms with van der Waals surface area (Å²) in [6.45, 7) is 0. The Hall–Kier alpha value is -1.31. The number of rotatable bonds is 3. The molecule has 0 N–H and O–H groups in total. The Balaban J connectivity index is 2.01. The Labute approximate surface area is 96.6 Å². The molecule has 0 unspecified atom stereocenters. The SMILES string of the molecule is COC(=O)[C@H]1CCC[C@@H]1Cc1ccccc1. The molecular formula is C14H18O2. The lowest BCUT2D eigenvalue weighted by molar-refractivity contribution is -0.146. The van der Waals surface area contributed by atoms with Crippen molar-refractivity contribution >= 4 is 5.97 Å². The highest BCUT2D eigenvalue weighted by Crippen LogP contribution is 2.34. The summed E-state index contributed by atoms with van der Waals surface area (Å²) in [5.74, 6) is 0.554. The molecule has 0 bridgehead atoms. The first-order chi connectivity index (χ1) is 7.81. The third-order valence-corrected chi connectivity index (χ3v) is 3.50. The monoisotopic (exact) mass is 218 g/mol. The van der Waals surface area contributed by atoms with Crippen LogP contribution >= 0.6 is 0 Å². The van der Waals surface area contributed by atoms with Gasteiger partial charge in [0.25, 0.3) is 0 Å². The summed E-state index contributed by atoms with van der Waals surface area (Å²) in [6, 6.07) is 10.4. The highest BCUT2D eigenvalue weighted by atomic mass is 16.5. The Kier molecular flexibility index (Phi) is 3.60. The molecule has 2 rings (SSSR count). The maximum absolute atomic E-state index is 11.6. The Bertz CT molecular complexity index is 345. The molecule has 86 valence electrons. The average Bonchev–Trinajstić information content (AvgIpc) is 2.77. The summed E-state index contributed by atoms with van der Waals surface area (Å²) in [4.78, 5) is 11.6. The van der Waals surface area contributed by atoms with Crippen LogP contribution in [0, 0.1) is 11.8 Å². The van der Waals surface area contributed by atoms with E-state index in [0.29, 0.717) is 5.92 Å². The molecule has 2 nitrogen and oxygen atoms in total. The van der Waals surface area contributed by atoms with E-state index in [2.05, 4.69) is 24.3 Å². The zero-order valence-corrected chi connectivity index (χ0v) is 9.69. The summed E-state index contributed by atoms with van der Waals surface area (Å²) in [6.07, 6.45) is 4.29. The van der Waals surface area contributed by atoms with Crippen molar-refractivity contribution in [1.29, 1.82) is 0 Å². The van der Waals surface area contributed by atoms with E-state index in [9.17, 15) is 4.79 Å². The minimum Gasteiger partial charge on any atom is -0.469 e. The molecule has 0 amide bonds. The van der Waals surface area contributed by atoms with Crippen molar-refractivity contribution in [3.63, 3.8) is 0 Å². The molecule has 0 aromatic heterocycles. The molecule has 1 aliphatic rings. The Morgan fingerprint density at radius 3 is 2.75 bits per heavy atom. The average molecular weight is 218 g/mol. The quantitative estimate of drug-likeness (QED) is 0.729. The number of carbonyl (C=O) groups excluding carboxylic acids is 1. The van der Waals surface area contributed by atoms with Crippen LogP contribution in [0.4, 0.5) is 0 Å². The van der Waals surface area contributed by atoms with Gasteiger partial charge in [0.15, 0.2) is 0 Å². The zero-order valence-electron chi connectivity index (χ0n) is 9.69. The highest BCUT2D eigenvalue weighted by Gasteiger charge is 2.33. The van der Waals surface area contributed by atoms with Gasteiger partial charge >= 0.3 is 5.97 Å². The molecule has 0 aliphatic heterocycles. The molecule has 1 aromatic carbocycles. The number of hydrogen-bond donors (Lipinski definition) is 0. The van der Waals surface area contributed by atoms with Crippen LogP contribution in [-0.2, 0) is 16.0 Å². The highest BCUT2D eigenvalue weighted by molar-refractivity contribution is 5.73. The van der Waals surface area contributed by atoms with E-state index < -0.39 is 0 Å². The first-order valence-electron chi connectivity index (χ1n) is 5.93. The standard InChI is InChI=1S/C14H18O2/c1-16-14(15)13-9-5-8-12(13)10-11-6-3-2-4-7-11/h2-4,6-7,12-13H,5,8-10H2,1H3/t12-,13+/m1/s1. The molecule has 1 saturated carbocycles. The van der Waals surface area contributed by atoms with Crippen molar-refractivity contribution in [3.8, 4) is 0 Å². The van der Waals surface area contributed by atoms with Gasteiger partial charge in [-0.2, -0.15) is 0 Å². The zero-order chi connectivity index (χ0) is 11.4. The van der Waals surface area contributed by atoms with Crippen LogP contribution in [0.15, 0.2) is 30.3 Å². The van der Waals surface area contributed by atoms with E-state index in [1.54, 1.807) is 0 Å². The smallest absolute Gasteiger partial charge is 0.308 e. The van der Waals surface area contributed by atoms with Crippen molar-refractivity contribution < 1.29 is 9.53 Å². The van der Waals surface area contributed by atoms with Gasteiger partial charge in [0, 0.05) is 0 Å². The predicted molar refractivity (Wildman–Crippen MR) is 63.0 cm³/mol. The Morgan fingerprint density at radius 1 is 1.31 bits per heavy atom. The molecule has 1 aliphatic carbocycles. The van der Waals surface area contributed by atoms with E-state index in [0.717, 1.165) is 25.7 Å². The van der Waals surface area contributed by atoms with Crippen molar-refractivity contribution in [1.82, 2.24) is 0 Å². The minimum absolute atomic E-state index is 0.0292. The molecule has 2 heteroatoms. The second-order valence-corrected chi connectivity index (χ2v) is 4.51. The van der Waals surface area contributed by atoms with E-state index in [4.69, 9.17) is 4.74 Å². The second kappa shape index (κ2) is 5.15. The maximum atomic E-state index is 11.6. The van der Waals surface area contributed by atoms with Gasteiger partial charge in [-0.1, -0.05) is 36.8 Å². The molecular weight excluding hydrogens is 200 g/mol. The van der Waals surface area contributed by atoms with Gasteiger partial charge in [0.1, 0.15) is 0 Å². The third-order valence-electron chi connectivity index (χ3n) is 3.50. The maximum Gasteiger partial charge on any atom is 0.308 e. The number of methoxy groups -OCH3 is 1. The number of esters is 1. The number of benzene rings is 1. The van der Waals surface area contributed by atoms with Crippen LogP contribution in [0.2, 0.25) is 0 Å². The lowest BCUT2D eigenvalue weighted by Crippen LogP contribution is -2.21. The summed E-state index contributed by atoms with van der Waals surface area (Å²) >= 11 is 0. The van der Waals surface area contributed by atoms with E-state index in [1.807, 2.05) is 6.07 Å². The lowest BCUT2D eigenvalue weighted by atomic mass is 9.90. The van der Waals surface area contributed by atoms with Crippen LogP contribution in [0.5, 0.6) is 0 Å². The summed E-state index contributed by atoms with van der Waals surface area (Å²) in [5, 5.41) is 0. The van der Waals surface area contributed by atoms with E-state index in [-0.39, 0.29) is 11.9 Å². The van der Waals surface area contributed by atoms with Gasteiger partial charge in [-0.15, -0.1) is 0 Å². The van der Waals surface area contributed by atoms with Crippen molar-refractivity contribution in [2.24, 2.45) is 11.8 Å². The molecule has 0 heterocycles. The summed E-state index contributed by atoms with van der Waals surface area (Å²) < 4.78 is 4.86. The first-order valence-corrected chi connectivity index (χ1v) is 5.93. The number of ether oxygens (including phenoxy) is 1. The molecule has 0 saturated heterocycles. The summed E-state index contributed by atoms with van der Waals surface area (Å²) in [5.41, 5.74) is 1.32. The van der Waals surface area contributed by atoms with Gasteiger partial charge in [-0.25, -0.2) is 0 Å². The predicted octanol–water partition coefficient (Wildman–Crippen LogP) is 2.82. The van der Waals surface area contributed by atoms with E-state index >= 15 is 0 Å². The fourth-order valence-corrected chi connectivity index (χ4v) is 2.66. The van der Waals surface area contributed by atoms with Crippen LogP contribution in [-0.4, -0.2) is 13.1 Å². The van der Waals surface area contributed by atoms with Gasteiger partial charge in [-0.3, -0.25) is 4.79 Å². The van der Waals surface area contributed by atoms with Crippen molar-refractivity contribution in [2.45, 2.75) is 25.7 Å². The Morgan fingerprint density at radius 2 is 2.06 bits per heavy atom. The van der Waals surface area contributed by atoms with Crippen LogP contribution in [0.25, 0.3) is 0 Å². The normalized spacial score (nSPS) is 24.3. The second-order valence-electron chi connectivity index (χ2n) is 4.51. The first kappa shape index (κ1) is 11.2. The van der Waals surface area contributed by atoms with Crippen LogP contribution in [0.1, 0.15) is 24.8 Å². The van der Waals surface area contributed by atoms with E-state index in [1.165, 1.54) is 12.7 Å². The van der Waals surface area contributed by atoms with Crippen molar-refractivity contribution in [2.75, 3.05) is 7.11 Å². The molecule has 1 fully saturated rings. The molecule has 0 radical (unpaired) electrons. The topological polar surface area (TPSA) is 26.3 Å². The largest absolute Gasteiger partial charge is 0.469 e. The summed E-state index contributed by atoms with van der Waals surface area (Å²) in [7, 11) is 1.49. The van der Waals surface area contributed by atoms with Gasteiger partial charge in [-0.05, 0) is 30.7 Å². The van der Waals surface area contributed by atoms with Crippen molar-refractivity contribution in [3.05, 3.63) is 35.9 Å². The number of hydrogen-bond acceptors (Lipinski definition) is 2. The lowest BCUT2D eigenvalue weighted by Gasteiger charge is -2.17. The molecule has 0 spiro atoms. The fourth-order valence-electron chi connectivity index (χ4n) is 2.66. The van der Waals surface area contributed by atoms with Gasteiger partial charge < -0.3 is 4.74 Å². The third kappa shape index (κ3) is 2.43. The van der Waals surface area contributed by atoms with Gasteiger partial charge in [0.05, 0.1) is 13.0 Å². The minimum atomic E-state index is -0.0292. The molecule has 16 heavy (non-hydrogen) atoms. The molecule has 2 atom stereocenters. The number of carbonyl (C=O) groups is 1. The van der Waals surface area contributed by atoms with Crippen LogP contribution in [0.3, 0.4) is 0 Å². The van der Waals surface area contributed by atoms with Crippen LogP contribution < -0.4 is 0 Å². The molecule has 1 aromatic rings. The van der Waals surface area contributed by atoms with Gasteiger partial charge in [0.2, 0.25) is 0 Å².